The molecule has 0 spiro atoms. The molecule has 0 saturated heterocycles. The largest absolute Gasteiger partial charge is 0.326 e. The van der Waals surface area contributed by atoms with Gasteiger partial charge < -0.3 is 5.73 Å². The predicted octanol–water partition coefficient (Wildman–Crippen LogP) is 3.06. The summed E-state index contributed by atoms with van der Waals surface area (Å²) in [4.78, 5) is 2.01. The number of benzene rings is 2. The maximum atomic E-state index is 13.1. The van der Waals surface area contributed by atoms with Gasteiger partial charge >= 0.3 is 0 Å². The van der Waals surface area contributed by atoms with E-state index >= 15 is 0 Å². The monoisotopic (exact) mass is 276 g/mol. The van der Waals surface area contributed by atoms with Crippen molar-refractivity contribution in [2.75, 3.05) is 7.05 Å². The first-order valence-electron chi connectivity index (χ1n) is 6.48. The van der Waals surface area contributed by atoms with Crippen LogP contribution in [0, 0.1) is 11.6 Å². The van der Waals surface area contributed by atoms with Gasteiger partial charge in [-0.1, -0.05) is 24.3 Å². The van der Waals surface area contributed by atoms with E-state index in [9.17, 15) is 8.78 Å². The molecule has 0 fully saturated rings. The molecule has 0 atom stereocenters. The number of rotatable bonds is 5. The molecule has 2 nitrogen and oxygen atoms in total. The molecule has 0 amide bonds. The average molecular weight is 276 g/mol. The molecule has 0 radical (unpaired) electrons. The molecule has 4 heteroatoms. The smallest absolute Gasteiger partial charge is 0.126 e. The molecule has 0 unspecified atom stereocenters. The summed E-state index contributed by atoms with van der Waals surface area (Å²) in [5.74, 6) is -1.08. The Bertz CT molecular complexity index is 547. The highest BCUT2D eigenvalue weighted by molar-refractivity contribution is 5.23. The van der Waals surface area contributed by atoms with E-state index in [1.54, 1.807) is 0 Å². The average Bonchev–Trinajstić information content (AvgIpc) is 2.38. The predicted molar refractivity (Wildman–Crippen MR) is 75.9 cm³/mol. The number of hydrogen-bond donors (Lipinski definition) is 1. The Morgan fingerprint density at radius 1 is 0.850 bits per heavy atom. The first kappa shape index (κ1) is 14.6. The number of nitrogens with two attached hydrogens (primary N) is 1. The van der Waals surface area contributed by atoms with Gasteiger partial charge in [0.05, 0.1) is 0 Å². The van der Waals surface area contributed by atoms with E-state index in [1.807, 2.05) is 36.2 Å². The van der Waals surface area contributed by atoms with E-state index < -0.39 is 11.6 Å². The van der Waals surface area contributed by atoms with Crippen molar-refractivity contribution in [2.45, 2.75) is 19.6 Å². The van der Waals surface area contributed by atoms with E-state index in [0.29, 0.717) is 25.2 Å². The van der Waals surface area contributed by atoms with Gasteiger partial charge in [-0.2, -0.15) is 0 Å². The van der Waals surface area contributed by atoms with Crippen LogP contribution in [0.3, 0.4) is 0 Å². The van der Waals surface area contributed by atoms with Crippen LogP contribution in [-0.2, 0) is 19.6 Å². The molecule has 2 aromatic carbocycles. The van der Waals surface area contributed by atoms with Crippen LogP contribution in [0.1, 0.15) is 16.7 Å². The van der Waals surface area contributed by atoms with Gasteiger partial charge in [0.2, 0.25) is 0 Å². The minimum atomic E-state index is -0.541. The molecular formula is C16H18F2N2. The molecule has 2 aromatic rings. The Labute approximate surface area is 117 Å². The quantitative estimate of drug-likeness (QED) is 0.909. The summed E-state index contributed by atoms with van der Waals surface area (Å²) in [5.41, 5.74) is 8.41. The van der Waals surface area contributed by atoms with Gasteiger partial charge in [0, 0.05) is 25.7 Å². The second-order valence-electron chi connectivity index (χ2n) is 4.97. The molecule has 2 N–H and O–H groups in total. The van der Waals surface area contributed by atoms with Gasteiger partial charge in [-0.05, 0) is 35.9 Å². The second-order valence-corrected chi connectivity index (χ2v) is 4.97. The fourth-order valence-electron chi connectivity index (χ4n) is 2.16. The lowest BCUT2D eigenvalue weighted by atomic mass is 10.1. The molecule has 2 rings (SSSR count). The fraction of sp³-hybridized carbons (Fsp3) is 0.250. The summed E-state index contributed by atoms with van der Waals surface area (Å²) in [7, 11) is 1.92. The van der Waals surface area contributed by atoms with Crippen LogP contribution < -0.4 is 5.73 Å². The van der Waals surface area contributed by atoms with Crippen LogP contribution >= 0.6 is 0 Å². The molecule has 20 heavy (non-hydrogen) atoms. The minimum absolute atomic E-state index is 0.493. The fourth-order valence-corrected chi connectivity index (χ4v) is 2.16. The van der Waals surface area contributed by atoms with Crippen molar-refractivity contribution < 1.29 is 8.78 Å². The summed E-state index contributed by atoms with van der Waals surface area (Å²) >= 11 is 0. The molecule has 0 bridgehead atoms. The third-order valence-corrected chi connectivity index (χ3v) is 3.09. The van der Waals surface area contributed by atoms with Gasteiger partial charge in [0.15, 0.2) is 0 Å². The van der Waals surface area contributed by atoms with E-state index in [2.05, 4.69) is 0 Å². The Morgan fingerprint density at radius 2 is 1.35 bits per heavy atom. The zero-order valence-corrected chi connectivity index (χ0v) is 11.4. The van der Waals surface area contributed by atoms with Gasteiger partial charge in [0.25, 0.3) is 0 Å². The van der Waals surface area contributed by atoms with Gasteiger partial charge in [0.1, 0.15) is 11.6 Å². The van der Waals surface area contributed by atoms with Crippen molar-refractivity contribution in [1.82, 2.24) is 4.90 Å². The van der Waals surface area contributed by atoms with E-state index in [4.69, 9.17) is 5.73 Å². The van der Waals surface area contributed by atoms with Crippen LogP contribution in [0.2, 0.25) is 0 Å². The highest BCUT2D eigenvalue weighted by atomic mass is 19.1. The molecule has 0 saturated carbocycles. The van der Waals surface area contributed by atoms with E-state index in [0.717, 1.165) is 17.2 Å². The van der Waals surface area contributed by atoms with E-state index in [1.165, 1.54) is 12.1 Å². The lowest BCUT2D eigenvalue weighted by Crippen LogP contribution is -2.17. The summed E-state index contributed by atoms with van der Waals surface area (Å²) in [6, 6.07) is 11.6. The number of halogens is 2. The molecule has 0 aliphatic heterocycles. The molecule has 0 aliphatic rings. The summed E-state index contributed by atoms with van der Waals surface area (Å²) in [6.45, 7) is 1.73. The van der Waals surface area contributed by atoms with Crippen molar-refractivity contribution in [3.8, 4) is 0 Å². The van der Waals surface area contributed by atoms with Crippen molar-refractivity contribution >= 4 is 0 Å². The van der Waals surface area contributed by atoms with Crippen molar-refractivity contribution in [1.29, 1.82) is 0 Å². The first-order chi connectivity index (χ1) is 9.56. The van der Waals surface area contributed by atoms with Crippen LogP contribution in [0.15, 0.2) is 42.5 Å². The lowest BCUT2D eigenvalue weighted by molar-refractivity contribution is 0.318. The van der Waals surface area contributed by atoms with Crippen molar-refractivity contribution in [3.63, 3.8) is 0 Å². The Kier molecular flexibility index (Phi) is 4.82. The van der Waals surface area contributed by atoms with Gasteiger partial charge in [-0.25, -0.2) is 8.78 Å². The normalized spacial score (nSPS) is 11.1. The van der Waals surface area contributed by atoms with Crippen LogP contribution in [-0.4, -0.2) is 11.9 Å². The molecule has 106 valence electrons. The third kappa shape index (κ3) is 4.11. The van der Waals surface area contributed by atoms with Crippen LogP contribution in [0.5, 0.6) is 0 Å². The molecule has 0 aliphatic carbocycles. The van der Waals surface area contributed by atoms with Crippen LogP contribution in [0.4, 0.5) is 8.78 Å². The van der Waals surface area contributed by atoms with Crippen molar-refractivity contribution in [2.24, 2.45) is 5.73 Å². The number of hydrogen-bond acceptors (Lipinski definition) is 2. The Hall–Kier alpha value is -1.78. The summed E-state index contributed by atoms with van der Waals surface area (Å²) in [5, 5.41) is 0. The minimum Gasteiger partial charge on any atom is -0.326 e. The molecule has 0 heterocycles. The van der Waals surface area contributed by atoms with Crippen molar-refractivity contribution in [3.05, 3.63) is 70.8 Å². The third-order valence-electron chi connectivity index (χ3n) is 3.09. The second kappa shape index (κ2) is 6.59. The maximum absolute atomic E-state index is 13.1. The standard InChI is InChI=1S/C16H18F2N2/c1-20(10-13-4-2-12(9-19)3-5-13)11-14-6-15(17)8-16(18)7-14/h2-8H,9-11,19H2,1H3. The zero-order chi connectivity index (χ0) is 14.5. The SMILES string of the molecule is CN(Cc1ccc(CN)cc1)Cc1cc(F)cc(F)c1. The van der Waals surface area contributed by atoms with E-state index in [-0.39, 0.29) is 0 Å². The Balaban J connectivity index is 1.98. The first-order valence-corrected chi connectivity index (χ1v) is 6.48. The van der Waals surface area contributed by atoms with Gasteiger partial charge in [-0.15, -0.1) is 0 Å². The highest BCUT2D eigenvalue weighted by Gasteiger charge is 2.05. The molecule has 0 aromatic heterocycles. The molecular weight excluding hydrogens is 258 g/mol. The topological polar surface area (TPSA) is 29.3 Å². The summed E-state index contributed by atoms with van der Waals surface area (Å²) < 4.78 is 26.2. The van der Waals surface area contributed by atoms with Crippen LogP contribution in [0.25, 0.3) is 0 Å². The lowest BCUT2D eigenvalue weighted by Gasteiger charge is -2.17. The zero-order valence-electron chi connectivity index (χ0n) is 11.4. The van der Waals surface area contributed by atoms with Gasteiger partial charge in [-0.3, -0.25) is 4.90 Å². The highest BCUT2D eigenvalue weighted by Crippen LogP contribution is 2.12. The maximum Gasteiger partial charge on any atom is 0.126 e. The summed E-state index contributed by atoms with van der Waals surface area (Å²) in [6.07, 6.45) is 0. The Morgan fingerprint density at radius 3 is 1.90 bits per heavy atom. The number of nitrogens with zero attached hydrogens (tertiary/aromatic N) is 1.